The van der Waals surface area contributed by atoms with Crippen molar-refractivity contribution in [3.05, 3.63) is 167 Å². The number of carbonyl (C=O) groups is 8. The van der Waals surface area contributed by atoms with Crippen molar-refractivity contribution in [1.82, 2.24) is 50.8 Å². The van der Waals surface area contributed by atoms with Crippen molar-refractivity contribution >= 4 is 47.0 Å². The predicted octanol–water partition coefficient (Wildman–Crippen LogP) is 8.93. The van der Waals surface area contributed by atoms with Crippen LogP contribution in [0, 0.1) is 34.1 Å². The maximum absolute atomic E-state index is 15.0. The van der Waals surface area contributed by atoms with Gasteiger partial charge in [0.05, 0.1) is 36.3 Å². The first-order valence-corrected chi connectivity index (χ1v) is 36.5. The molecule has 580 valence electrons. The summed E-state index contributed by atoms with van der Waals surface area (Å²) in [6.07, 6.45) is 9.02. The number of ketones is 2. The van der Waals surface area contributed by atoms with Crippen LogP contribution in [0.25, 0.3) is 22.3 Å². The van der Waals surface area contributed by atoms with Gasteiger partial charge in [0.1, 0.15) is 36.5 Å². The van der Waals surface area contributed by atoms with E-state index in [1.54, 1.807) is 24.5 Å². The molecule has 0 aliphatic carbocycles. The molecule has 0 fully saturated rings. The van der Waals surface area contributed by atoms with Crippen molar-refractivity contribution in [1.29, 1.82) is 0 Å². The molecule has 0 unspecified atom stereocenters. The fourth-order valence-electron chi connectivity index (χ4n) is 13.0. The lowest BCUT2D eigenvalue weighted by Crippen LogP contribution is -2.47. The number of amides is 6. The van der Waals surface area contributed by atoms with Gasteiger partial charge in [0.2, 0.25) is 35.4 Å². The molecule has 0 spiro atoms. The molecule has 6 rings (SSSR count). The molecule has 0 radical (unpaired) electrons. The third kappa shape index (κ3) is 28.1. The molecule has 2 heterocycles. The van der Waals surface area contributed by atoms with Crippen LogP contribution in [0.3, 0.4) is 0 Å². The van der Waals surface area contributed by atoms with Gasteiger partial charge in [-0.3, -0.25) is 38.4 Å². The van der Waals surface area contributed by atoms with Gasteiger partial charge < -0.3 is 72.5 Å². The van der Waals surface area contributed by atoms with E-state index < -0.39 is 107 Å². The fraction of sp³-hybridized carbons (Fsp3) is 0.500. The number of hydrogen-bond acceptors (Lipinski definition) is 14. The van der Waals surface area contributed by atoms with Gasteiger partial charge >= 0.3 is 0 Å². The van der Waals surface area contributed by atoms with E-state index in [0.29, 0.717) is 61.3 Å². The van der Waals surface area contributed by atoms with Crippen molar-refractivity contribution in [2.24, 2.45) is 22.3 Å². The number of aromatic nitrogens is 2. The summed E-state index contributed by atoms with van der Waals surface area (Å²) in [6.45, 7) is 15.6. The van der Waals surface area contributed by atoms with Crippen LogP contribution >= 0.6 is 0 Å². The zero-order valence-corrected chi connectivity index (χ0v) is 63.2. The molecular formula is C80H112F4N12O10. The minimum absolute atomic E-state index is 0.0144. The Bertz CT molecular complexity index is 3560. The number of Topliss-reactive ketones (excluding diaryl/α,β-unsaturated/α-hetero) is 2. The van der Waals surface area contributed by atoms with E-state index in [4.69, 9.17) is 11.5 Å². The lowest BCUT2D eigenvalue weighted by atomic mass is 9.82. The summed E-state index contributed by atoms with van der Waals surface area (Å²) in [5, 5.41) is 37.3. The smallest absolute Gasteiger partial charge is 0.248 e. The number of nitrogens with two attached hydrogens (primary N) is 2. The number of hydrogen-bond donors (Lipinski definition) is 10. The second-order valence-corrected chi connectivity index (χ2v) is 29.0. The molecule has 0 saturated heterocycles. The Hall–Kier alpha value is -8.92. The Morgan fingerprint density at radius 2 is 0.840 bits per heavy atom. The van der Waals surface area contributed by atoms with Crippen LogP contribution in [-0.4, -0.2) is 167 Å². The van der Waals surface area contributed by atoms with E-state index in [-0.39, 0.29) is 86.4 Å². The first-order valence-electron chi connectivity index (χ1n) is 36.5. The summed E-state index contributed by atoms with van der Waals surface area (Å²) in [4.78, 5) is 105. The van der Waals surface area contributed by atoms with Crippen LogP contribution in [0.4, 0.5) is 17.6 Å². The van der Waals surface area contributed by atoms with Gasteiger partial charge in [0.15, 0.2) is 11.6 Å². The number of rotatable bonds is 42. The molecule has 0 bridgehead atoms. The van der Waals surface area contributed by atoms with E-state index in [2.05, 4.69) is 31.9 Å². The Morgan fingerprint density at radius 1 is 0.481 bits per heavy atom. The molecule has 6 amide bonds. The second-order valence-electron chi connectivity index (χ2n) is 29.0. The van der Waals surface area contributed by atoms with Gasteiger partial charge in [-0.25, -0.2) is 17.6 Å². The Balaban J connectivity index is 0.000000381. The number of aliphatic hydroxyl groups excluding tert-OH is 2. The second kappa shape index (κ2) is 43.6. The van der Waals surface area contributed by atoms with Gasteiger partial charge in [-0.15, -0.1) is 0 Å². The average molecular weight is 1480 g/mol. The summed E-state index contributed by atoms with van der Waals surface area (Å²) in [7, 11) is 3.71. The molecule has 6 aromatic rings. The highest BCUT2D eigenvalue weighted by atomic mass is 19.1. The zero-order chi connectivity index (χ0) is 78.3. The fourth-order valence-corrected chi connectivity index (χ4v) is 13.0. The van der Waals surface area contributed by atoms with Crippen LogP contribution in [0.1, 0.15) is 167 Å². The van der Waals surface area contributed by atoms with Crippen molar-refractivity contribution in [3.63, 3.8) is 0 Å². The molecule has 4 aromatic carbocycles. The average Bonchev–Trinajstić information content (AvgIpc) is 1.77. The number of benzene rings is 4. The molecule has 106 heavy (non-hydrogen) atoms. The van der Waals surface area contributed by atoms with E-state index in [0.717, 1.165) is 86.3 Å². The van der Waals surface area contributed by atoms with E-state index >= 15 is 8.78 Å². The van der Waals surface area contributed by atoms with Crippen LogP contribution in [0.15, 0.2) is 122 Å². The minimum Gasteiger partial charge on any atom is -0.387 e. The van der Waals surface area contributed by atoms with Crippen LogP contribution in [-0.2, 0) is 51.4 Å². The Labute approximate surface area is 621 Å². The number of nitrogens with one attached hydrogen (secondary N) is 6. The maximum Gasteiger partial charge on any atom is 0.248 e. The summed E-state index contributed by atoms with van der Waals surface area (Å²) in [5.41, 5.74) is 15.5. The number of carbonyl (C=O) groups excluding carboxylic acids is 8. The monoisotopic (exact) mass is 1480 g/mol. The van der Waals surface area contributed by atoms with Crippen molar-refractivity contribution in [2.45, 2.75) is 182 Å². The summed E-state index contributed by atoms with van der Waals surface area (Å²) in [5.74, 6) is -5.20. The summed E-state index contributed by atoms with van der Waals surface area (Å²) in [6, 6.07) is 24.6. The molecular weight excluding hydrogens is 1360 g/mol. The normalized spacial score (nSPS) is 13.2. The zero-order valence-electron chi connectivity index (χ0n) is 63.2. The molecule has 12 N–H and O–H groups in total. The van der Waals surface area contributed by atoms with E-state index in [1.807, 2.05) is 125 Å². The number of unbranched alkanes of at least 4 members (excludes halogenated alkanes) is 2. The SMILES string of the molecule is CNCCCC[C@H](NC(C)=O)C(=O)CCCNC(=O)[C@@H](N)CCN(C(=O)CO)[C@@H](c1cc(-c2cc(F)ccc2F)cn1Cc1ccccc1)C(C)(C)C.CNCCCC[C@H](NC(C)=O)C(=O)CCCNC(=O)[C@@H](N)CCN(C(=O)CO)[C@@H](c1cc(-c2cc(F)ccc2F)cn1Cc1ccccc1)C(C)(C)C. The van der Waals surface area contributed by atoms with Crippen LogP contribution in [0.2, 0.25) is 0 Å². The summed E-state index contributed by atoms with van der Waals surface area (Å²) >= 11 is 0. The molecule has 2 aromatic heterocycles. The number of halogens is 4. The van der Waals surface area contributed by atoms with E-state index in [9.17, 15) is 57.4 Å². The van der Waals surface area contributed by atoms with Crippen molar-refractivity contribution < 1.29 is 66.1 Å². The quantitative estimate of drug-likeness (QED) is 0.0126. The maximum atomic E-state index is 15.0. The largest absolute Gasteiger partial charge is 0.387 e. The highest BCUT2D eigenvalue weighted by Crippen LogP contribution is 2.43. The van der Waals surface area contributed by atoms with Crippen molar-refractivity contribution in [3.8, 4) is 22.3 Å². The van der Waals surface area contributed by atoms with Gasteiger partial charge in [-0.2, -0.15) is 0 Å². The lowest BCUT2D eigenvalue weighted by molar-refractivity contribution is -0.140. The van der Waals surface area contributed by atoms with Crippen LogP contribution < -0.4 is 43.4 Å². The van der Waals surface area contributed by atoms with Crippen molar-refractivity contribution in [2.75, 3.05) is 66.6 Å². The molecule has 0 aliphatic rings. The first kappa shape index (κ1) is 87.7. The number of nitrogens with zero attached hydrogens (tertiary/aromatic N) is 4. The van der Waals surface area contributed by atoms with E-state index in [1.165, 1.54) is 23.6 Å². The first-order chi connectivity index (χ1) is 50.3. The van der Waals surface area contributed by atoms with Gasteiger partial charge in [0, 0.05) is 112 Å². The predicted molar refractivity (Wildman–Crippen MR) is 403 cm³/mol. The minimum atomic E-state index is -1.01. The molecule has 22 nitrogen and oxygen atoms in total. The van der Waals surface area contributed by atoms with Gasteiger partial charge in [-0.05, 0) is 162 Å². The van der Waals surface area contributed by atoms with Crippen LogP contribution in [0.5, 0.6) is 0 Å². The third-order valence-corrected chi connectivity index (χ3v) is 18.2. The Morgan fingerprint density at radius 3 is 1.16 bits per heavy atom. The lowest BCUT2D eigenvalue weighted by Gasteiger charge is -2.41. The molecule has 26 heteroatoms. The topological polar surface area (TPSA) is 318 Å². The van der Waals surface area contributed by atoms with Gasteiger partial charge in [0.25, 0.3) is 0 Å². The number of aliphatic hydroxyl groups is 2. The molecule has 0 saturated carbocycles. The third-order valence-electron chi connectivity index (χ3n) is 18.2. The Kier molecular flexibility index (Phi) is 36.1. The molecule has 0 aliphatic heterocycles. The highest BCUT2D eigenvalue weighted by molar-refractivity contribution is 5.89. The highest BCUT2D eigenvalue weighted by Gasteiger charge is 2.40. The standard InChI is InChI=1S/2C40H56F2N6O5/c2*1-27(50)46-34(14-9-10-19-44-5)36(51)15-11-20-45-39(53)33(43)18-21-48(37(52)26-49)38(40(2,3)4)35-22-29(31-23-30(41)16-17-32(31)42)25-47(35)24-28-12-7-6-8-13-28/h2*6-8,12-13,16-17,22-23,25,33-34,38,44,49H,9-11,14-15,18-21,24,26,43H2,1-5H3,(H,45,53)(H,46,50)/t2*33-,34-,38-/m00/s1. The van der Waals surface area contributed by atoms with Gasteiger partial charge in [-0.1, -0.05) is 102 Å². The molecule has 6 atom stereocenters. The summed E-state index contributed by atoms with van der Waals surface area (Å²) < 4.78 is 62.4.